The summed E-state index contributed by atoms with van der Waals surface area (Å²) in [7, 11) is 0. The Morgan fingerprint density at radius 1 is 1.33 bits per heavy atom. The first-order valence-electron chi connectivity index (χ1n) is 6.15. The first-order valence-corrected chi connectivity index (χ1v) is 6.15. The van der Waals surface area contributed by atoms with E-state index in [1.807, 2.05) is 20.8 Å². The Hall–Kier alpha value is -1.71. The predicted octanol–water partition coefficient (Wildman–Crippen LogP) is 2.77. The van der Waals surface area contributed by atoms with Crippen LogP contribution in [0, 0.1) is 0 Å². The lowest BCUT2D eigenvalue weighted by atomic mass is 10.1. The second-order valence-electron chi connectivity index (χ2n) is 5.57. The number of rotatable bonds is 3. The molecule has 2 rings (SSSR count). The number of anilines is 1. The fraction of sp³-hybridized carbons (Fsp3) is 0.500. The summed E-state index contributed by atoms with van der Waals surface area (Å²) in [5.41, 5.74) is 6.33. The van der Waals surface area contributed by atoms with Crippen molar-refractivity contribution in [1.82, 2.24) is 0 Å². The van der Waals surface area contributed by atoms with Crippen molar-refractivity contribution < 1.29 is 14.3 Å². The Kier molecular flexibility index (Phi) is 3.20. The molecule has 98 valence electrons. The summed E-state index contributed by atoms with van der Waals surface area (Å²) in [5.74, 6) is 0.212. The molecule has 1 fully saturated rings. The second kappa shape index (κ2) is 4.52. The standard InChI is InChI=1S/C14H19NO3/c1-14(2,3)18-13(16)9-4-7-11(15)12(8-9)17-10-5-6-10/h4,7-8,10H,5-6,15H2,1-3H3. The molecule has 1 saturated carbocycles. The van der Waals surface area contributed by atoms with E-state index in [2.05, 4.69) is 0 Å². The highest BCUT2D eigenvalue weighted by Crippen LogP contribution is 2.31. The molecule has 18 heavy (non-hydrogen) atoms. The van der Waals surface area contributed by atoms with E-state index in [9.17, 15) is 4.79 Å². The highest BCUT2D eigenvalue weighted by atomic mass is 16.6. The van der Waals surface area contributed by atoms with E-state index in [-0.39, 0.29) is 12.1 Å². The van der Waals surface area contributed by atoms with E-state index >= 15 is 0 Å². The number of esters is 1. The van der Waals surface area contributed by atoms with Crippen LogP contribution < -0.4 is 10.5 Å². The van der Waals surface area contributed by atoms with Gasteiger partial charge in [0.2, 0.25) is 0 Å². The van der Waals surface area contributed by atoms with Gasteiger partial charge in [-0.05, 0) is 51.8 Å². The van der Waals surface area contributed by atoms with Crippen LogP contribution in [0.3, 0.4) is 0 Å². The number of carbonyl (C=O) groups is 1. The highest BCUT2D eigenvalue weighted by molar-refractivity contribution is 5.91. The van der Waals surface area contributed by atoms with Gasteiger partial charge in [-0.25, -0.2) is 4.79 Å². The molecular formula is C14H19NO3. The molecule has 4 nitrogen and oxygen atoms in total. The fourth-order valence-corrected chi connectivity index (χ4v) is 1.47. The van der Waals surface area contributed by atoms with Gasteiger partial charge in [-0.2, -0.15) is 0 Å². The normalized spacial score (nSPS) is 15.3. The molecule has 0 heterocycles. The predicted molar refractivity (Wildman–Crippen MR) is 69.7 cm³/mol. The number of hydrogen-bond acceptors (Lipinski definition) is 4. The Morgan fingerprint density at radius 3 is 2.56 bits per heavy atom. The van der Waals surface area contributed by atoms with Crippen molar-refractivity contribution in [1.29, 1.82) is 0 Å². The lowest BCUT2D eigenvalue weighted by Gasteiger charge is -2.19. The van der Waals surface area contributed by atoms with Crippen LogP contribution in [0.15, 0.2) is 18.2 Å². The number of nitrogen functional groups attached to an aromatic ring is 1. The van der Waals surface area contributed by atoms with Crippen molar-refractivity contribution in [3.8, 4) is 5.75 Å². The molecule has 1 aliphatic carbocycles. The number of nitrogens with two attached hydrogens (primary N) is 1. The quantitative estimate of drug-likeness (QED) is 0.661. The van der Waals surface area contributed by atoms with E-state index in [1.165, 1.54) is 0 Å². The topological polar surface area (TPSA) is 61.5 Å². The van der Waals surface area contributed by atoms with Gasteiger partial charge in [0.1, 0.15) is 11.4 Å². The SMILES string of the molecule is CC(C)(C)OC(=O)c1ccc(N)c(OC2CC2)c1. The first kappa shape index (κ1) is 12.7. The van der Waals surface area contributed by atoms with Crippen LogP contribution in [0.2, 0.25) is 0 Å². The summed E-state index contributed by atoms with van der Waals surface area (Å²) < 4.78 is 10.9. The van der Waals surface area contributed by atoms with Crippen LogP contribution in [0.25, 0.3) is 0 Å². The minimum atomic E-state index is -0.504. The molecule has 0 saturated heterocycles. The van der Waals surface area contributed by atoms with E-state index in [4.69, 9.17) is 15.2 Å². The molecule has 0 aromatic heterocycles. The molecule has 1 aliphatic rings. The maximum absolute atomic E-state index is 11.9. The lowest BCUT2D eigenvalue weighted by Crippen LogP contribution is -2.23. The van der Waals surface area contributed by atoms with Gasteiger partial charge in [0.05, 0.1) is 17.4 Å². The monoisotopic (exact) mass is 249 g/mol. The largest absolute Gasteiger partial charge is 0.488 e. The van der Waals surface area contributed by atoms with Crippen molar-refractivity contribution in [2.45, 2.75) is 45.3 Å². The van der Waals surface area contributed by atoms with Crippen LogP contribution >= 0.6 is 0 Å². The number of hydrogen-bond donors (Lipinski definition) is 1. The minimum Gasteiger partial charge on any atom is -0.488 e. The zero-order chi connectivity index (χ0) is 13.3. The fourth-order valence-electron chi connectivity index (χ4n) is 1.47. The summed E-state index contributed by atoms with van der Waals surface area (Å²) in [6.45, 7) is 5.51. The molecule has 0 radical (unpaired) electrons. The van der Waals surface area contributed by atoms with Gasteiger partial charge in [-0.15, -0.1) is 0 Å². The zero-order valence-corrected chi connectivity index (χ0v) is 11.0. The van der Waals surface area contributed by atoms with Crippen molar-refractivity contribution in [2.24, 2.45) is 0 Å². The van der Waals surface area contributed by atoms with E-state index in [0.717, 1.165) is 12.8 Å². The number of benzene rings is 1. The molecule has 0 bridgehead atoms. The average Bonchev–Trinajstić information content (AvgIpc) is 3.02. The summed E-state index contributed by atoms with van der Waals surface area (Å²) in [5, 5.41) is 0. The van der Waals surface area contributed by atoms with E-state index < -0.39 is 5.60 Å². The van der Waals surface area contributed by atoms with Gasteiger partial charge >= 0.3 is 5.97 Å². The molecule has 0 atom stereocenters. The third-order valence-corrected chi connectivity index (χ3v) is 2.47. The maximum atomic E-state index is 11.9. The van der Waals surface area contributed by atoms with Gasteiger partial charge in [0.25, 0.3) is 0 Å². The molecule has 1 aromatic carbocycles. The van der Waals surface area contributed by atoms with Gasteiger partial charge in [-0.1, -0.05) is 0 Å². The molecular weight excluding hydrogens is 230 g/mol. The van der Waals surface area contributed by atoms with Crippen molar-refractivity contribution >= 4 is 11.7 Å². The van der Waals surface area contributed by atoms with Crippen LogP contribution in [0.1, 0.15) is 44.0 Å². The van der Waals surface area contributed by atoms with Crippen LogP contribution in [0.4, 0.5) is 5.69 Å². The molecule has 2 N–H and O–H groups in total. The lowest BCUT2D eigenvalue weighted by molar-refractivity contribution is 0.00691. The molecule has 1 aromatic rings. The smallest absolute Gasteiger partial charge is 0.338 e. The average molecular weight is 249 g/mol. The van der Waals surface area contributed by atoms with Gasteiger partial charge in [0, 0.05) is 0 Å². The third-order valence-electron chi connectivity index (χ3n) is 2.47. The number of carbonyl (C=O) groups excluding carboxylic acids is 1. The molecule has 0 spiro atoms. The summed E-state index contributed by atoms with van der Waals surface area (Å²) in [6, 6.07) is 4.99. The number of ether oxygens (including phenoxy) is 2. The molecule has 0 unspecified atom stereocenters. The van der Waals surface area contributed by atoms with Crippen molar-refractivity contribution in [3.05, 3.63) is 23.8 Å². The van der Waals surface area contributed by atoms with Crippen LogP contribution in [-0.4, -0.2) is 17.7 Å². The summed E-state index contributed by atoms with van der Waals surface area (Å²) in [4.78, 5) is 11.9. The van der Waals surface area contributed by atoms with Crippen molar-refractivity contribution in [3.63, 3.8) is 0 Å². The molecule has 4 heteroatoms. The van der Waals surface area contributed by atoms with Gasteiger partial charge in [0.15, 0.2) is 0 Å². The summed E-state index contributed by atoms with van der Waals surface area (Å²) in [6.07, 6.45) is 2.35. The van der Waals surface area contributed by atoms with Crippen molar-refractivity contribution in [2.75, 3.05) is 5.73 Å². The Balaban J connectivity index is 2.15. The summed E-state index contributed by atoms with van der Waals surface area (Å²) >= 11 is 0. The Labute approximate surface area is 107 Å². The molecule has 0 aliphatic heterocycles. The Bertz CT molecular complexity index is 459. The van der Waals surface area contributed by atoms with Crippen LogP contribution in [0.5, 0.6) is 5.75 Å². The van der Waals surface area contributed by atoms with Crippen LogP contribution in [-0.2, 0) is 4.74 Å². The first-order chi connectivity index (χ1) is 8.35. The van der Waals surface area contributed by atoms with Gasteiger partial charge in [-0.3, -0.25) is 0 Å². The maximum Gasteiger partial charge on any atom is 0.338 e. The third kappa shape index (κ3) is 3.39. The minimum absolute atomic E-state index is 0.251. The zero-order valence-electron chi connectivity index (χ0n) is 11.0. The van der Waals surface area contributed by atoms with E-state index in [0.29, 0.717) is 17.0 Å². The second-order valence-corrected chi connectivity index (χ2v) is 5.57. The van der Waals surface area contributed by atoms with E-state index in [1.54, 1.807) is 18.2 Å². The molecule has 0 amide bonds. The van der Waals surface area contributed by atoms with Gasteiger partial charge < -0.3 is 15.2 Å². The Morgan fingerprint density at radius 2 is 2.00 bits per heavy atom. The highest BCUT2D eigenvalue weighted by Gasteiger charge is 2.25.